The second-order valence-corrected chi connectivity index (χ2v) is 6.77. The molecule has 6 nitrogen and oxygen atoms in total. The Morgan fingerprint density at radius 3 is 2.56 bits per heavy atom. The number of hydrogen-bond donors (Lipinski definition) is 1. The Bertz CT molecular complexity index is 987. The van der Waals surface area contributed by atoms with Gasteiger partial charge in [0.1, 0.15) is 11.2 Å². The van der Waals surface area contributed by atoms with Crippen LogP contribution in [0.25, 0.3) is 22.2 Å². The molecule has 0 amide bonds. The number of aryl methyl sites for hydroxylation is 1. The lowest BCUT2D eigenvalue weighted by atomic mass is 10.1. The van der Waals surface area contributed by atoms with Crippen molar-refractivity contribution in [3.8, 4) is 11.3 Å². The summed E-state index contributed by atoms with van der Waals surface area (Å²) >= 11 is 0. The Morgan fingerprint density at radius 1 is 1.20 bits per heavy atom. The summed E-state index contributed by atoms with van der Waals surface area (Å²) in [6.07, 6.45) is 3.79. The van der Waals surface area contributed by atoms with Crippen molar-refractivity contribution in [2.75, 3.05) is 24.3 Å². The number of hydrogen-bond acceptors (Lipinski definition) is 5. The SMILES string of the molecule is CN(C)c1ccc(-c2cc3ncn(C)c(=O)c3c(NC3CC3)n2)cc1. The highest BCUT2D eigenvalue weighted by Gasteiger charge is 2.24. The summed E-state index contributed by atoms with van der Waals surface area (Å²) in [5, 5.41) is 3.95. The van der Waals surface area contributed by atoms with E-state index in [0.717, 1.165) is 29.8 Å². The van der Waals surface area contributed by atoms with Gasteiger partial charge in [-0.15, -0.1) is 0 Å². The number of rotatable bonds is 4. The Balaban J connectivity index is 1.87. The molecule has 1 saturated carbocycles. The second kappa shape index (κ2) is 5.88. The minimum Gasteiger partial charge on any atom is -0.378 e. The van der Waals surface area contributed by atoms with E-state index in [-0.39, 0.29) is 5.56 Å². The van der Waals surface area contributed by atoms with Crippen LogP contribution in [0.5, 0.6) is 0 Å². The minimum absolute atomic E-state index is 0.0739. The molecule has 0 saturated heterocycles. The lowest BCUT2D eigenvalue weighted by Crippen LogP contribution is -2.19. The van der Waals surface area contributed by atoms with Crippen molar-refractivity contribution >= 4 is 22.4 Å². The van der Waals surface area contributed by atoms with Crippen LogP contribution in [0.3, 0.4) is 0 Å². The molecule has 0 radical (unpaired) electrons. The van der Waals surface area contributed by atoms with Crippen LogP contribution < -0.4 is 15.8 Å². The summed E-state index contributed by atoms with van der Waals surface area (Å²) in [6, 6.07) is 10.5. The zero-order valence-corrected chi connectivity index (χ0v) is 14.7. The van der Waals surface area contributed by atoms with Gasteiger partial charge in [0, 0.05) is 38.4 Å². The summed E-state index contributed by atoms with van der Waals surface area (Å²) in [5.74, 6) is 0.639. The first-order valence-corrected chi connectivity index (χ1v) is 8.43. The highest BCUT2D eigenvalue weighted by molar-refractivity contribution is 5.91. The summed E-state index contributed by atoms with van der Waals surface area (Å²) in [6.45, 7) is 0. The summed E-state index contributed by atoms with van der Waals surface area (Å²) in [4.78, 5) is 23.8. The van der Waals surface area contributed by atoms with Gasteiger partial charge in [-0.2, -0.15) is 0 Å². The van der Waals surface area contributed by atoms with E-state index in [1.54, 1.807) is 13.4 Å². The largest absolute Gasteiger partial charge is 0.378 e. The Labute approximate surface area is 146 Å². The van der Waals surface area contributed by atoms with Gasteiger partial charge in [-0.1, -0.05) is 12.1 Å². The monoisotopic (exact) mass is 335 g/mol. The maximum absolute atomic E-state index is 12.6. The van der Waals surface area contributed by atoms with Crippen molar-refractivity contribution in [1.82, 2.24) is 14.5 Å². The molecule has 6 heteroatoms. The molecular formula is C19H21N5O. The molecule has 3 aromatic rings. The standard InChI is InChI=1S/C19H21N5O/c1-23(2)14-8-4-12(5-9-14)15-10-16-17(19(25)24(3)11-20-16)18(22-15)21-13-6-7-13/h4-5,8-11,13H,6-7H2,1-3H3,(H,21,22). The molecule has 4 rings (SSSR count). The molecule has 0 aliphatic heterocycles. The maximum Gasteiger partial charge on any atom is 0.264 e. The lowest BCUT2D eigenvalue weighted by molar-refractivity contribution is 0.842. The van der Waals surface area contributed by atoms with E-state index >= 15 is 0 Å². The van der Waals surface area contributed by atoms with Crippen molar-refractivity contribution in [1.29, 1.82) is 0 Å². The molecule has 0 bridgehead atoms. The van der Waals surface area contributed by atoms with Crippen LogP contribution in [0.1, 0.15) is 12.8 Å². The third-order valence-corrected chi connectivity index (χ3v) is 4.50. The van der Waals surface area contributed by atoms with Crippen molar-refractivity contribution in [3.63, 3.8) is 0 Å². The molecule has 1 N–H and O–H groups in total. The molecule has 25 heavy (non-hydrogen) atoms. The molecule has 1 aromatic carbocycles. The van der Waals surface area contributed by atoms with Gasteiger partial charge in [-0.05, 0) is 31.0 Å². The van der Waals surface area contributed by atoms with Crippen LogP contribution in [0.2, 0.25) is 0 Å². The average molecular weight is 335 g/mol. The molecule has 1 aliphatic carbocycles. The fourth-order valence-corrected chi connectivity index (χ4v) is 2.83. The molecule has 0 unspecified atom stereocenters. The van der Waals surface area contributed by atoms with Crippen LogP contribution in [0.4, 0.5) is 11.5 Å². The summed E-state index contributed by atoms with van der Waals surface area (Å²) < 4.78 is 1.49. The van der Waals surface area contributed by atoms with E-state index in [2.05, 4.69) is 27.3 Å². The lowest BCUT2D eigenvalue weighted by Gasteiger charge is -2.14. The number of benzene rings is 1. The molecule has 0 atom stereocenters. The highest BCUT2D eigenvalue weighted by Crippen LogP contribution is 2.30. The molecule has 1 aliphatic rings. The van der Waals surface area contributed by atoms with Crippen LogP contribution in [-0.4, -0.2) is 34.7 Å². The maximum atomic E-state index is 12.6. The zero-order chi connectivity index (χ0) is 17.6. The van der Waals surface area contributed by atoms with Crippen molar-refractivity contribution in [3.05, 3.63) is 47.0 Å². The predicted molar refractivity (Wildman–Crippen MR) is 101 cm³/mol. The third-order valence-electron chi connectivity index (χ3n) is 4.50. The molecule has 2 heterocycles. The first-order chi connectivity index (χ1) is 12.0. The van der Waals surface area contributed by atoms with E-state index in [1.165, 1.54) is 4.57 Å². The van der Waals surface area contributed by atoms with Crippen molar-refractivity contribution < 1.29 is 0 Å². The van der Waals surface area contributed by atoms with E-state index in [9.17, 15) is 4.79 Å². The first-order valence-electron chi connectivity index (χ1n) is 8.43. The molecule has 0 spiro atoms. The average Bonchev–Trinajstić information content (AvgIpc) is 3.42. The fourth-order valence-electron chi connectivity index (χ4n) is 2.83. The molecule has 2 aromatic heterocycles. The Kier molecular flexibility index (Phi) is 3.67. The van der Waals surface area contributed by atoms with Gasteiger partial charge < -0.3 is 14.8 Å². The van der Waals surface area contributed by atoms with Gasteiger partial charge in [0.25, 0.3) is 5.56 Å². The Morgan fingerprint density at radius 2 is 1.92 bits per heavy atom. The van der Waals surface area contributed by atoms with E-state index < -0.39 is 0 Å². The third kappa shape index (κ3) is 2.95. The smallest absolute Gasteiger partial charge is 0.264 e. The summed E-state index contributed by atoms with van der Waals surface area (Å²) in [5.41, 5.74) is 3.56. The number of fused-ring (bicyclic) bond motifs is 1. The summed E-state index contributed by atoms with van der Waals surface area (Å²) in [7, 11) is 5.74. The number of aromatic nitrogens is 3. The van der Waals surface area contributed by atoms with Gasteiger partial charge in [0.05, 0.1) is 17.5 Å². The van der Waals surface area contributed by atoms with Gasteiger partial charge in [-0.25, -0.2) is 9.97 Å². The number of anilines is 2. The molecule has 1 fully saturated rings. The van der Waals surface area contributed by atoms with Crippen molar-refractivity contribution in [2.24, 2.45) is 7.05 Å². The van der Waals surface area contributed by atoms with E-state index in [0.29, 0.717) is 22.8 Å². The van der Waals surface area contributed by atoms with Gasteiger partial charge in [0.2, 0.25) is 0 Å². The van der Waals surface area contributed by atoms with Gasteiger partial charge in [-0.3, -0.25) is 4.79 Å². The number of pyridine rings is 1. The van der Waals surface area contributed by atoms with Gasteiger partial charge >= 0.3 is 0 Å². The van der Waals surface area contributed by atoms with Crippen LogP contribution in [0, 0.1) is 0 Å². The number of nitrogens with one attached hydrogen (secondary N) is 1. The van der Waals surface area contributed by atoms with E-state index in [1.807, 2.05) is 32.3 Å². The highest BCUT2D eigenvalue weighted by atomic mass is 16.1. The molecule has 128 valence electrons. The van der Waals surface area contributed by atoms with Crippen LogP contribution >= 0.6 is 0 Å². The second-order valence-electron chi connectivity index (χ2n) is 6.77. The fraction of sp³-hybridized carbons (Fsp3) is 0.316. The minimum atomic E-state index is -0.0739. The molecular weight excluding hydrogens is 314 g/mol. The normalized spacial score (nSPS) is 13.9. The zero-order valence-electron chi connectivity index (χ0n) is 14.7. The van der Waals surface area contributed by atoms with E-state index in [4.69, 9.17) is 4.98 Å². The van der Waals surface area contributed by atoms with Crippen molar-refractivity contribution in [2.45, 2.75) is 18.9 Å². The van der Waals surface area contributed by atoms with Gasteiger partial charge in [0.15, 0.2) is 0 Å². The Hall–Kier alpha value is -2.89. The first kappa shape index (κ1) is 15.6. The van der Waals surface area contributed by atoms with Crippen LogP contribution in [-0.2, 0) is 7.05 Å². The van der Waals surface area contributed by atoms with Crippen LogP contribution in [0.15, 0.2) is 41.5 Å². The quantitative estimate of drug-likeness (QED) is 0.794. The topological polar surface area (TPSA) is 63.1 Å². The number of nitrogens with zero attached hydrogens (tertiary/aromatic N) is 4. The predicted octanol–water partition coefficient (Wildman–Crippen LogP) is 2.64.